The van der Waals surface area contributed by atoms with Gasteiger partial charge in [-0.05, 0) is 30.3 Å². The fourth-order valence-electron chi connectivity index (χ4n) is 2.95. The van der Waals surface area contributed by atoms with E-state index in [0.29, 0.717) is 54.6 Å². The van der Waals surface area contributed by atoms with Crippen LogP contribution in [0.3, 0.4) is 0 Å². The molecule has 0 atom stereocenters. The smallest absolute Gasteiger partial charge is 0.256 e. The number of anilines is 1. The van der Waals surface area contributed by atoms with Crippen LogP contribution in [0.2, 0.25) is 0 Å². The summed E-state index contributed by atoms with van der Waals surface area (Å²) in [5, 5.41) is 2.82. The van der Waals surface area contributed by atoms with E-state index in [-0.39, 0.29) is 18.6 Å². The van der Waals surface area contributed by atoms with Crippen molar-refractivity contribution >= 4 is 17.5 Å². The van der Waals surface area contributed by atoms with Crippen molar-refractivity contribution in [1.82, 2.24) is 4.90 Å². The van der Waals surface area contributed by atoms with Crippen molar-refractivity contribution in [1.29, 1.82) is 0 Å². The monoisotopic (exact) mass is 354 g/mol. The van der Waals surface area contributed by atoms with E-state index in [1.807, 2.05) is 0 Å². The highest BCUT2D eigenvalue weighted by Crippen LogP contribution is 2.32. The number of fused-ring (bicyclic) bond motifs is 1. The third-order valence-corrected chi connectivity index (χ3v) is 4.34. The number of amides is 2. The van der Waals surface area contributed by atoms with E-state index in [1.54, 1.807) is 47.4 Å². The molecule has 4 rings (SSSR count). The molecule has 2 aliphatic heterocycles. The van der Waals surface area contributed by atoms with Gasteiger partial charge in [-0.15, -0.1) is 0 Å². The van der Waals surface area contributed by atoms with E-state index >= 15 is 0 Å². The first-order valence-electron chi connectivity index (χ1n) is 8.39. The van der Waals surface area contributed by atoms with Crippen LogP contribution in [0.25, 0.3) is 0 Å². The average Bonchev–Trinajstić information content (AvgIpc) is 3.16. The molecule has 1 N–H and O–H groups in total. The Morgan fingerprint density at radius 1 is 0.962 bits per heavy atom. The number of nitrogens with one attached hydrogen (secondary N) is 1. The fraction of sp³-hybridized carbons (Fsp3) is 0.263. The van der Waals surface area contributed by atoms with Gasteiger partial charge in [0.2, 0.25) is 6.79 Å². The maximum atomic E-state index is 12.8. The van der Waals surface area contributed by atoms with Crippen molar-refractivity contribution < 1.29 is 23.8 Å². The molecular formula is C19H18N2O5. The molecule has 2 aliphatic rings. The SMILES string of the molecule is O=C(Nc1ccccc1C(=O)N1CCOCC1)c1ccc2c(c1)OCO2. The van der Waals surface area contributed by atoms with Crippen molar-refractivity contribution in [2.45, 2.75) is 0 Å². The Hall–Kier alpha value is -3.06. The summed E-state index contributed by atoms with van der Waals surface area (Å²) in [6.45, 7) is 2.29. The number of rotatable bonds is 3. The van der Waals surface area contributed by atoms with E-state index in [4.69, 9.17) is 14.2 Å². The predicted octanol–water partition coefficient (Wildman–Crippen LogP) is 2.14. The minimum Gasteiger partial charge on any atom is -0.454 e. The Kier molecular flexibility index (Phi) is 4.45. The number of para-hydroxylation sites is 1. The van der Waals surface area contributed by atoms with Crippen LogP contribution in [0.4, 0.5) is 5.69 Å². The van der Waals surface area contributed by atoms with Crippen molar-refractivity contribution in [2.75, 3.05) is 38.4 Å². The summed E-state index contributed by atoms with van der Waals surface area (Å²) in [6.07, 6.45) is 0. The first-order valence-corrected chi connectivity index (χ1v) is 8.39. The highest BCUT2D eigenvalue weighted by molar-refractivity contribution is 6.09. The van der Waals surface area contributed by atoms with Crippen LogP contribution in [0, 0.1) is 0 Å². The van der Waals surface area contributed by atoms with E-state index in [2.05, 4.69) is 5.32 Å². The molecule has 2 aromatic rings. The second-order valence-corrected chi connectivity index (χ2v) is 5.97. The summed E-state index contributed by atoms with van der Waals surface area (Å²) in [6, 6.07) is 12.0. The number of benzene rings is 2. The number of carbonyl (C=O) groups is 2. The molecule has 0 saturated carbocycles. The zero-order chi connectivity index (χ0) is 17.9. The number of hydrogen-bond acceptors (Lipinski definition) is 5. The number of ether oxygens (including phenoxy) is 3. The van der Waals surface area contributed by atoms with Crippen LogP contribution in [-0.4, -0.2) is 49.8 Å². The summed E-state index contributed by atoms with van der Waals surface area (Å²) >= 11 is 0. The van der Waals surface area contributed by atoms with Crippen molar-refractivity contribution in [3.63, 3.8) is 0 Å². The molecule has 2 amide bonds. The van der Waals surface area contributed by atoms with Crippen LogP contribution in [-0.2, 0) is 4.74 Å². The zero-order valence-corrected chi connectivity index (χ0v) is 14.1. The molecule has 2 aromatic carbocycles. The number of morpholine rings is 1. The molecule has 7 heteroatoms. The average molecular weight is 354 g/mol. The number of nitrogens with zero attached hydrogens (tertiary/aromatic N) is 1. The summed E-state index contributed by atoms with van der Waals surface area (Å²) in [4.78, 5) is 27.1. The number of hydrogen-bond donors (Lipinski definition) is 1. The lowest BCUT2D eigenvalue weighted by atomic mass is 10.1. The Morgan fingerprint density at radius 2 is 1.73 bits per heavy atom. The van der Waals surface area contributed by atoms with Crippen LogP contribution >= 0.6 is 0 Å². The Morgan fingerprint density at radius 3 is 2.58 bits per heavy atom. The largest absolute Gasteiger partial charge is 0.454 e. The van der Waals surface area contributed by atoms with E-state index in [0.717, 1.165) is 0 Å². The van der Waals surface area contributed by atoms with Crippen LogP contribution in [0.5, 0.6) is 11.5 Å². The maximum Gasteiger partial charge on any atom is 0.256 e. The van der Waals surface area contributed by atoms with E-state index in [9.17, 15) is 9.59 Å². The van der Waals surface area contributed by atoms with Gasteiger partial charge in [-0.3, -0.25) is 9.59 Å². The van der Waals surface area contributed by atoms with Gasteiger partial charge in [0, 0.05) is 18.7 Å². The van der Waals surface area contributed by atoms with Crippen molar-refractivity contribution in [2.24, 2.45) is 0 Å². The minimum atomic E-state index is -0.314. The van der Waals surface area contributed by atoms with Crippen LogP contribution in [0.1, 0.15) is 20.7 Å². The second kappa shape index (κ2) is 7.05. The molecular weight excluding hydrogens is 336 g/mol. The lowest BCUT2D eigenvalue weighted by molar-refractivity contribution is 0.0303. The number of carbonyl (C=O) groups excluding carboxylic acids is 2. The van der Waals surface area contributed by atoms with E-state index < -0.39 is 0 Å². The predicted molar refractivity (Wildman–Crippen MR) is 93.7 cm³/mol. The molecule has 134 valence electrons. The van der Waals surface area contributed by atoms with Gasteiger partial charge in [0.1, 0.15) is 0 Å². The molecule has 7 nitrogen and oxygen atoms in total. The molecule has 0 radical (unpaired) electrons. The first kappa shape index (κ1) is 16.4. The maximum absolute atomic E-state index is 12.8. The Balaban J connectivity index is 1.54. The van der Waals surface area contributed by atoms with E-state index in [1.165, 1.54) is 0 Å². The highest BCUT2D eigenvalue weighted by atomic mass is 16.7. The van der Waals surface area contributed by atoms with Gasteiger partial charge in [0.05, 0.1) is 24.5 Å². The molecule has 0 bridgehead atoms. The highest BCUT2D eigenvalue weighted by Gasteiger charge is 2.22. The van der Waals surface area contributed by atoms with Gasteiger partial charge in [0.25, 0.3) is 11.8 Å². The molecule has 0 spiro atoms. The van der Waals surface area contributed by atoms with Gasteiger partial charge >= 0.3 is 0 Å². The second-order valence-electron chi connectivity index (χ2n) is 5.97. The van der Waals surface area contributed by atoms with Crippen LogP contribution in [0.15, 0.2) is 42.5 Å². The third kappa shape index (κ3) is 3.21. The van der Waals surface area contributed by atoms with Crippen LogP contribution < -0.4 is 14.8 Å². The lowest BCUT2D eigenvalue weighted by Gasteiger charge is -2.27. The molecule has 0 aromatic heterocycles. The zero-order valence-electron chi connectivity index (χ0n) is 14.1. The topological polar surface area (TPSA) is 77.1 Å². The van der Waals surface area contributed by atoms with Gasteiger partial charge in [0.15, 0.2) is 11.5 Å². The molecule has 1 fully saturated rings. The van der Waals surface area contributed by atoms with Crippen molar-refractivity contribution in [3.8, 4) is 11.5 Å². The molecule has 2 heterocycles. The van der Waals surface area contributed by atoms with Gasteiger partial charge in [-0.2, -0.15) is 0 Å². The summed E-state index contributed by atoms with van der Waals surface area (Å²) < 4.78 is 15.9. The van der Waals surface area contributed by atoms with Crippen molar-refractivity contribution in [3.05, 3.63) is 53.6 Å². The summed E-state index contributed by atoms with van der Waals surface area (Å²) in [5.74, 6) is 0.722. The van der Waals surface area contributed by atoms with Gasteiger partial charge in [-0.25, -0.2) is 0 Å². The minimum absolute atomic E-state index is 0.116. The Bertz CT molecular complexity index is 846. The molecule has 26 heavy (non-hydrogen) atoms. The molecule has 1 saturated heterocycles. The lowest BCUT2D eigenvalue weighted by Crippen LogP contribution is -2.41. The fourth-order valence-corrected chi connectivity index (χ4v) is 2.95. The molecule has 0 aliphatic carbocycles. The quantitative estimate of drug-likeness (QED) is 0.914. The van der Waals surface area contributed by atoms with Gasteiger partial charge < -0.3 is 24.4 Å². The normalized spacial score (nSPS) is 15.6. The van der Waals surface area contributed by atoms with Gasteiger partial charge in [-0.1, -0.05) is 12.1 Å². The molecule has 0 unspecified atom stereocenters. The summed E-state index contributed by atoms with van der Waals surface area (Å²) in [7, 11) is 0. The first-order chi connectivity index (χ1) is 12.7. The summed E-state index contributed by atoms with van der Waals surface area (Å²) in [5.41, 5.74) is 1.37. The standard InChI is InChI=1S/C19H18N2O5/c22-18(13-5-6-16-17(11-13)26-12-25-16)20-15-4-2-1-3-14(15)19(23)21-7-9-24-10-8-21/h1-6,11H,7-10,12H2,(H,20,22). The Labute approximate surface area is 150 Å². The third-order valence-electron chi connectivity index (χ3n) is 4.34.